The van der Waals surface area contributed by atoms with Gasteiger partial charge in [-0.1, -0.05) is 18.2 Å². The number of aromatic carboxylic acids is 1. The second-order valence-electron chi connectivity index (χ2n) is 5.05. The minimum atomic E-state index is -0.958. The van der Waals surface area contributed by atoms with Crippen LogP contribution in [0.1, 0.15) is 26.3 Å². The van der Waals surface area contributed by atoms with Gasteiger partial charge in [-0.25, -0.2) is 4.79 Å². The number of hydrogen-bond donors (Lipinski definition) is 2. The molecule has 2 rings (SSSR count). The molecular weight excluding hydrogens is 310 g/mol. The normalized spacial score (nSPS) is 10.1. The fraction of sp³-hybridized carbons (Fsp3) is 0.222. The van der Waals surface area contributed by atoms with Crippen molar-refractivity contribution in [3.63, 3.8) is 0 Å². The van der Waals surface area contributed by atoms with Crippen LogP contribution in [0.5, 0.6) is 11.5 Å². The van der Waals surface area contributed by atoms with Crippen molar-refractivity contribution in [3.05, 3.63) is 59.2 Å². The highest BCUT2D eigenvalue weighted by Crippen LogP contribution is 2.30. The molecule has 0 aliphatic rings. The van der Waals surface area contributed by atoms with Crippen LogP contribution in [0.4, 0.5) is 0 Å². The predicted octanol–water partition coefficient (Wildman–Crippen LogP) is 2.37. The van der Waals surface area contributed by atoms with E-state index in [-0.39, 0.29) is 11.5 Å². The van der Waals surface area contributed by atoms with Crippen molar-refractivity contribution in [2.45, 2.75) is 6.42 Å². The van der Waals surface area contributed by atoms with Crippen LogP contribution in [-0.2, 0) is 6.42 Å². The van der Waals surface area contributed by atoms with Crippen LogP contribution in [0.25, 0.3) is 0 Å². The van der Waals surface area contributed by atoms with Crippen LogP contribution in [-0.4, -0.2) is 37.7 Å². The monoisotopic (exact) mass is 329 g/mol. The Morgan fingerprint density at radius 3 is 2.33 bits per heavy atom. The zero-order valence-electron chi connectivity index (χ0n) is 13.5. The van der Waals surface area contributed by atoms with Gasteiger partial charge in [0, 0.05) is 6.54 Å². The number of nitrogens with one attached hydrogen (secondary N) is 1. The third-order valence-electron chi connectivity index (χ3n) is 3.55. The van der Waals surface area contributed by atoms with Crippen LogP contribution in [0, 0.1) is 0 Å². The molecule has 24 heavy (non-hydrogen) atoms. The molecule has 2 N–H and O–H groups in total. The number of para-hydroxylation sites is 1. The summed E-state index contributed by atoms with van der Waals surface area (Å²) in [6.45, 7) is 0.422. The molecule has 0 fully saturated rings. The van der Waals surface area contributed by atoms with Gasteiger partial charge in [0.2, 0.25) is 0 Å². The minimum absolute atomic E-state index is 0.240. The first-order chi connectivity index (χ1) is 11.6. The third-order valence-corrected chi connectivity index (χ3v) is 3.55. The molecule has 6 heteroatoms. The van der Waals surface area contributed by atoms with Gasteiger partial charge in [-0.05, 0) is 36.2 Å². The molecule has 126 valence electrons. The molecular formula is C18H19NO5. The maximum atomic E-state index is 12.3. The summed E-state index contributed by atoms with van der Waals surface area (Å²) >= 11 is 0. The summed E-state index contributed by atoms with van der Waals surface area (Å²) in [6, 6.07) is 11.7. The molecule has 2 aromatic rings. The van der Waals surface area contributed by atoms with Gasteiger partial charge in [-0.3, -0.25) is 4.79 Å². The lowest BCUT2D eigenvalue weighted by molar-refractivity contribution is 0.0696. The molecule has 0 aliphatic heterocycles. The SMILES string of the molecule is COc1cccc(C(=O)NCCc2ccc(C(=O)O)cc2)c1OC. The molecule has 0 saturated heterocycles. The van der Waals surface area contributed by atoms with Crippen LogP contribution in [0.15, 0.2) is 42.5 Å². The smallest absolute Gasteiger partial charge is 0.335 e. The predicted molar refractivity (Wildman–Crippen MR) is 89.0 cm³/mol. The number of ether oxygens (including phenoxy) is 2. The quantitative estimate of drug-likeness (QED) is 0.814. The maximum Gasteiger partial charge on any atom is 0.335 e. The van der Waals surface area contributed by atoms with Gasteiger partial charge in [-0.15, -0.1) is 0 Å². The second kappa shape index (κ2) is 8.01. The molecule has 0 unspecified atom stereocenters. The molecule has 0 heterocycles. The Balaban J connectivity index is 1.97. The maximum absolute atomic E-state index is 12.3. The minimum Gasteiger partial charge on any atom is -0.493 e. The van der Waals surface area contributed by atoms with Gasteiger partial charge in [0.1, 0.15) is 0 Å². The second-order valence-corrected chi connectivity index (χ2v) is 5.05. The summed E-state index contributed by atoms with van der Waals surface area (Å²) in [5.74, 6) is -0.328. The molecule has 2 aromatic carbocycles. The Hall–Kier alpha value is -3.02. The van der Waals surface area contributed by atoms with Crippen molar-refractivity contribution in [2.75, 3.05) is 20.8 Å². The van der Waals surface area contributed by atoms with Crippen molar-refractivity contribution in [1.82, 2.24) is 5.32 Å². The Labute approximate surface area is 140 Å². The number of carbonyl (C=O) groups is 2. The van der Waals surface area contributed by atoms with E-state index in [9.17, 15) is 9.59 Å². The fourth-order valence-electron chi connectivity index (χ4n) is 2.30. The lowest BCUT2D eigenvalue weighted by Crippen LogP contribution is -2.26. The molecule has 0 atom stereocenters. The molecule has 0 aromatic heterocycles. The average Bonchev–Trinajstić information content (AvgIpc) is 2.61. The van der Waals surface area contributed by atoms with E-state index < -0.39 is 5.97 Å². The lowest BCUT2D eigenvalue weighted by Gasteiger charge is -2.12. The van der Waals surface area contributed by atoms with E-state index in [1.54, 1.807) is 42.5 Å². The zero-order chi connectivity index (χ0) is 17.5. The first-order valence-electron chi connectivity index (χ1n) is 7.38. The van der Waals surface area contributed by atoms with Crippen molar-refractivity contribution >= 4 is 11.9 Å². The number of carboxylic acid groups (broad SMARTS) is 1. The van der Waals surface area contributed by atoms with Gasteiger partial charge < -0.3 is 19.9 Å². The third kappa shape index (κ3) is 4.04. The first-order valence-corrected chi connectivity index (χ1v) is 7.38. The van der Waals surface area contributed by atoms with Crippen LogP contribution in [0.2, 0.25) is 0 Å². The van der Waals surface area contributed by atoms with Crippen LogP contribution >= 0.6 is 0 Å². The molecule has 1 amide bonds. The van der Waals surface area contributed by atoms with E-state index in [4.69, 9.17) is 14.6 Å². The molecule has 6 nitrogen and oxygen atoms in total. The average molecular weight is 329 g/mol. The van der Waals surface area contributed by atoms with Crippen molar-refractivity contribution in [2.24, 2.45) is 0 Å². The van der Waals surface area contributed by atoms with Gasteiger partial charge in [0.05, 0.1) is 25.3 Å². The van der Waals surface area contributed by atoms with Gasteiger partial charge in [-0.2, -0.15) is 0 Å². The van der Waals surface area contributed by atoms with Gasteiger partial charge >= 0.3 is 5.97 Å². The number of amides is 1. The number of hydrogen-bond acceptors (Lipinski definition) is 4. The molecule has 0 bridgehead atoms. The molecule has 0 saturated carbocycles. The standard InChI is InChI=1S/C18H19NO5/c1-23-15-5-3-4-14(16(15)24-2)17(20)19-11-10-12-6-8-13(9-7-12)18(21)22/h3-9H,10-11H2,1-2H3,(H,19,20)(H,21,22). The number of carbonyl (C=O) groups excluding carboxylic acids is 1. The topological polar surface area (TPSA) is 84.9 Å². The highest BCUT2D eigenvalue weighted by Gasteiger charge is 2.15. The van der Waals surface area contributed by atoms with Crippen LogP contribution in [0.3, 0.4) is 0 Å². The summed E-state index contributed by atoms with van der Waals surface area (Å²) in [4.78, 5) is 23.1. The van der Waals surface area contributed by atoms with Crippen molar-refractivity contribution in [1.29, 1.82) is 0 Å². The Morgan fingerprint density at radius 1 is 1.04 bits per heavy atom. The highest BCUT2D eigenvalue weighted by atomic mass is 16.5. The number of rotatable bonds is 7. The molecule has 0 aliphatic carbocycles. The number of methoxy groups -OCH3 is 2. The highest BCUT2D eigenvalue weighted by molar-refractivity contribution is 5.97. The Kier molecular flexibility index (Phi) is 5.78. The van der Waals surface area contributed by atoms with E-state index in [1.165, 1.54) is 14.2 Å². The van der Waals surface area contributed by atoms with Crippen LogP contribution < -0.4 is 14.8 Å². The van der Waals surface area contributed by atoms with E-state index in [1.807, 2.05) is 0 Å². The van der Waals surface area contributed by atoms with E-state index in [0.29, 0.717) is 30.0 Å². The van der Waals surface area contributed by atoms with Crippen molar-refractivity contribution in [3.8, 4) is 11.5 Å². The van der Waals surface area contributed by atoms with Gasteiger partial charge in [0.25, 0.3) is 5.91 Å². The van der Waals surface area contributed by atoms with Gasteiger partial charge in [0.15, 0.2) is 11.5 Å². The van der Waals surface area contributed by atoms with Crippen molar-refractivity contribution < 1.29 is 24.2 Å². The lowest BCUT2D eigenvalue weighted by atomic mass is 10.1. The number of carboxylic acids is 1. The number of benzene rings is 2. The zero-order valence-corrected chi connectivity index (χ0v) is 13.5. The summed E-state index contributed by atoms with van der Waals surface area (Å²) < 4.78 is 10.4. The van der Waals surface area contributed by atoms with E-state index in [2.05, 4.69) is 5.32 Å². The summed E-state index contributed by atoms with van der Waals surface area (Å²) in [5.41, 5.74) is 1.58. The summed E-state index contributed by atoms with van der Waals surface area (Å²) in [5, 5.41) is 11.7. The van der Waals surface area contributed by atoms with E-state index in [0.717, 1.165) is 5.56 Å². The Morgan fingerprint density at radius 2 is 1.75 bits per heavy atom. The Bertz CT molecular complexity index is 725. The summed E-state index contributed by atoms with van der Waals surface area (Å²) in [7, 11) is 3.00. The largest absolute Gasteiger partial charge is 0.493 e. The summed E-state index contributed by atoms with van der Waals surface area (Å²) in [6.07, 6.45) is 0.595. The molecule has 0 radical (unpaired) electrons. The first kappa shape index (κ1) is 17.3. The molecule has 0 spiro atoms. The van der Waals surface area contributed by atoms with E-state index >= 15 is 0 Å². The fourth-order valence-corrected chi connectivity index (χ4v) is 2.30.